The summed E-state index contributed by atoms with van der Waals surface area (Å²) in [6.45, 7) is 6.71. The first-order chi connectivity index (χ1) is 21.2. The first-order valence-electron chi connectivity index (χ1n) is 15.3. The number of aliphatic hydroxyl groups excluding tert-OH is 1. The molecule has 3 amide bonds. The van der Waals surface area contributed by atoms with Crippen LogP contribution in [0.1, 0.15) is 27.2 Å². The third-order valence-electron chi connectivity index (χ3n) is 9.04. The van der Waals surface area contributed by atoms with E-state index in [2.05, 4.69) is 0 Å². The van der Waals surface area contributed by atoms with Crippen molar-refractivity contribution in [2.45, 2.75) is 51.0 Å². The predicted octanol–water partition coefficient (Wildman–Crippen LogP) is 4.23. The predicted molar refractivity (Wildman–Crippen MR) is 168 cm³/mol. The maximum Gasteiger partial charge on any atom is 0.253 e. The summed E-state index contributed by atoms with van der Waals surface area (Å²) >= 11 is 6.14. The standard InChI is InChI=1S/C34H38ClN3O6/c1-4-43-26-14-12-24(13-15-26)36-17-5-7-27-28(31(36)40)29-32(41)38(25(20-39)19-21(2)3)30-33(42)37(18-6-16-34(29,30)44-27)23-10-8-22(35)9-11-23/h5-16,21,25,27-30,39H,4,17-20H2,1-3H3/t25-,27+,28-,29+,30?,34+/m1/s1. The van der Waals surface area contributed by atoms with Crippen LogP contribution in [-0.4, -0.2) is 77.8 Å². The lowest BCUT2D eigenvalue weighted by atomic mass is 9.77. The first kappa shape index (κ1) is 30.4. The minimum atomic E-state index is -1.39. The number of ether oxygens (including phenoxy) is 2. The largest absolute Gasteiger partial charge is 0.494 e. The maximum atomic E-state index is 14.6. The average molecular weight is 620 g/mol. The molecule has 1 spiro atoms. The molecule has 0 bridgehead atoms. The van der Waals surface area contributed by atoms with Crippen molar-refractivity contribution in [3.05, 3.63) is 77.9 Å². The zero-order chi connectivity index (χ0) is 31.2. The highest BCUT2D eigenvalue weighted by Gasteiger charge is 2.72. The van der Waals surface area contributed by atoms with Crippen molar-refractivity contribution < 1.29 is 29.0 Å². The number of anilines is 2. The molecule has 44 heavy (non-hydrogen) atoms. The molecule has 4 aliphatic heterocycles. The molecule has 0 saturated carbocycles. The monoisotopic (exact) mass is 619 g/mol. The second kappa shape index (κ2) is 12.0. The van der Waals surface area contributed by atoms with Gasteiger partial charge in [0.2, 0.25) is 11.8 Å². The first-order valence-corrected chi connectivity index (χ1v) is 15.6. The summed E-state index contributed by atoms with van der Waals surface area (Å²) in [6.07, 6.45) is 7.17. The molecule has 2 aromatic carbocycles. The number of nitrogens with zero attached hydrogens (tertiary/aromatic N) is 3. The molecule has 2 aromatic rings. The van der Waals surface area contributed by atoms with Gasteiger partial charge in [0, 0.05) is 29.5 Å². The number of halogens is 1. The quantitative estimate of drug-likeness (QED) is 0.444. The van der Waals surface area contributed by atoms with Gasteiger partial charge >= 0.3 is 0 Å². The molecule has 4 heterocycles. The fraction of sp³-hybridized carbons (Fsp3) is 0.441. The molecular formula is C34H38ClN3O6. The Morgan fingerprint density at radius 2 is 1.59 bits per heavy atom. The molecule has 6 atom stereocenters. The number of aliphatic hydroxyl groups is 1. The molecule has 1 N–H and O–H groups in total. The van der Waals surface area contributed by atoms with Gasteiger partial charge in [0.15, 0.2) is 0 Å². The summed E-state index contributed by atoms with van der Waals surface area (Å²) in [4.78, 5) is 48.5. The highest BCUT2D eigenvalue weighted by Crippen LogP contribution is 2.54. The van der Waals surface area contributed by atoms with E-state index in [-0.39, 0.29) is 36.8 Å². The lowest BCUT2D eigenvalue weighted by Crippen LogP contribution is -2.58. The van der Waals surface area contributed by atoms with Gasteiger partial charge in [-0.2, -0.15) is 0 Å². The summed E-state index contributed by atoms with van der Waals surface area (Å²) in [5, 5.41) is 11.1. The number of hydrogen-bond donors (Lipinski definition) is 1. The van der Waals surface area contributed by atoms with Crippen LogP contribution in [0.4, 0.5) is 11.4 Å². The van der Waals surface area contributed by atoms with E-state index in [1.54, 1.807) is 34.1 Å². The fourth-order valence-electron chi connectivity index (χ4n) is 7.26. The number of hydrogen-bond acceptors (Lipinski definition) is 6. The molecule has 0 aromatic heterocycles. The Kier molecular flexibility index (Phi) is 8.30. The molecule has 4 aliphatic rings. The highest BCUT2D eigenvalue weighted by atomic mass is 35.5. The normalized spacial score (nSPS) is 28.6. The summed E-state index contributed by atoms with van der Waals surface area (Å²) < 4.78 is 12.3. The number of amides is 3. The molecule has 9 nitrogen and oxygen atoms in total. The number of fused-ring (bicyclic) bond motifs is 2. The summed E-state index contributed by atoms with van der Waals surface area (Å²) in [7, 11) is 0. The highest BCUT2D eigenvalue weighted by molar-refractivity contribution is 6.30. The lowest BCUT2D eigenvalue weighted by Gasteiger charge is -2.39. The van der Waals surface area contributed by atoms with E-state index < -0.39 is 35.6 Å². The zero-order valence-corrected chi connectivity index (χ0v) is 25.9. The molecule has 6 rings (SSSR count). The molecule has 10 heteroatoms. The number of carbonyl (C=O) groups is 3. The Labute approximate surface area is 262 Å². The Morgan fingerprint density at radius 3 is 2.23 bits per heavy atom. The Balaban J connectivity index is 1.43. The molecule has 0 aliphatic carbocycles. The molecular weight excluding hydrogens is 582 g/mol. The van der Waals surface area contributed by atoms with E-state index in [9.17, 15) is 19.5 Å². The minimum Gasteiger partial charge on any atom is -0.494 e. The van der Waals surface area contributed by atoms with Crippen LogP contribution >= 0.6 is 11.6 Å². The molecule has 1 unspecified atom stereocenters. The van der Waals surface area contributed by atoms with Crippen molar-refractivity contribution in [1.29, 1.82) is 0 Å². The van der Waals surface area contributed by atoms with Gasteiger partial charge in [-0.05, 0) is 67.8 Å². The van der Waals surface area contributed by atoms with E-state index in [0.29, 0.717) is 41.7 Å². The third kappa shape index (κ3) is 5.01. The van der Waals surface area contributed by atoms with Gasteiger partial charge in [0.1, 0.15) is 17.4 Å². The number of carbonyl (C=O) groups excluding carboxylic acids is 3. The van der Waals surface area contributed by atoms with E-state index in [1.165, 1.54) is 4.90 Å². The van der Waals surface area contributed by atoms with Crippen molar-refractivity contribution in [2.24, 2.45) is 17.8 Å². The third-order valence-corrected chi connectivity index (χ3v) is 9.29. The summed E-state index contributed by atoms with van der Waals surface area (Å²) in [5.74, 6) is -1.90. The molecule has 2 fully saturated rings. The second-order valence-electron chi connectivity index (χ2n) is 12.2. The molecule has 2 saturated heterocycles. The number of likely N-dealkylation sites (tertiary alicyclic amines) is 1. The summed E-state index contributed by atoms with van der Waals surface area (Å²) in [5.41, 5.74) is -0.0825. The van der Waals surface area contributed by atoms with Crippen molar-refractivity contribution >= 4 is 40.7 Å². The molecule has 0 radical (unpaired) electrons. The van der Waals surface area contributed by atoms with Crippen LogP contribution in [0.2, 0.25) is 5.02 Å². The van der Waals surface area contributed by atoms with Gasteiger partial charge in [-0.25, -0.2) is 0 Å². The van der Waals surface area contributed by atoms with Crippen LogP contribution < -0.4 is 14.5 Å². The smallest absolute Gasteiger partial charge is 0.253 e. The SMILES string of the molecule is CCOc1ccc(N2CC=C[C@@H]3O[C@]45C=CCN(c6ccc(Cl)cc6)C(=O)C4N([C@@H](CO)CC(C)C)C(=O)[C@@H]5[C@@H]3C2=O)cc1. The average Bonchev–Trinajstić information content (AvgIpc) is 3.32. The van der Waals surface area contributed by atoms with Crippen LogP contribution in [0.3, 0.4) is 0 Å². The van der Waals surface area contributed by atoms with E-state index in [0.717, 1.165) is 0 Å². The number of benzene rings is 2. The maximum absolute atomic E-state index is 14.6. The Hall–Kier alpha value is -3.66. The van der Waals surface area contributed by atoms with Crippen LogP contribution in [0, 0.1) is 17.8 Å². The number of rotatable bonds is 8. The Bertz CT molecular complexity index is 1470. The zero-order valence-electron chi connectivity index (χ0n) is 25.1. The van der Waals surface area contributed by atoms with Gasteiger partial charge in [0.05, 0.1) is 37.2 Å². The van der Waals surface area contributed by atoms with Gasteiger partial charge in [0.25, 0.3) is 5.91 Å². The van der Waals surface area contributed by atoms with Gasteiger partial charge in [-0.3, -0.25) is 14.4 Å². The topological polar surface area (TPSA) is 99.6 Å². The van der Waals surface area contributed by atoms with Crippen LogP contribution in [0.15, 0.2) is 72.8 Å². The van der Waals surface area contributed by atoms with Crippen LogP contribution in [-0.2, 0) is 19.1 Å². The lowest BCUT2D eigenvalue weighted by molar-refractivity contribution is -0.144. The fourth-order valence-corrected chi connectivity index (χ4v) is 7.39. The van der Waals surface area contributed by atoms with Crippen molar-refractivity contribution in [3.8, 4) is 5.75 Å². The van der Waals surface area contributed by atoms with Crippen LogP contribution in [0.25, 0.3) is 0 Å². The van der Waals surface area contributed by atoms with Gasteiger partial charge in [-0.15, -0.1) is 0 Å². The van der Waals surface area contributed by atoms with E-state index in [1.807, 2.05) is 69.3 Å². The summed E-state index contributed by atoms with van der Waals surface area (Å²) in [6, 6.07) is 12.6. The van der Waals surface area contributed by atoms with E-state index >= 15 is 0 Å². The minimum absolute atomic E-state index is 0.145. The van der Waals surface area contributed by atoms with Crippen molar-refractivity contribution in [3.63, 3.8) is 0 Å². The van der Waals surface area contributed by atoms with Crippen molar-refractivity contribution in [2.75, 3.05) is 36.1 Å². The van der Waals surface area contributed by atoms with Crippen LogP contribution in [0.5, 0.6) is 5.75 Å². The van der Waals surface area contributed by atoms with Gasteiger partial charge in [-0.1, -0.05) is 49.8 Å². The molecule has 232 valence electrons. The van der Waals surface area contributed by atoms with E-state index in [4.69, 9.17) is 21.1 Å². The van der Waals surface area contributed by atoms with Gasteiger partial charge < -0.3 is 29.3 Å². The van der Waals surface area contributed by atoms with Crippen molar-refractivity contribution in [1.82, 2.24) is 4.90 Å². The second-order valence-corrected chi connectivity index (χ2v) is 12.6. The Morgan fingerprint density at radius 1 is 0.955 bits per heavy atom.